The number of alkyl carbamates (subject to hydrolysis) is 1. The Balaban J connectivity index is 1.50. The molecule has 0 spiro atoms. The van der Waals surface area contributed by atoms with E-state index in [2.05, 4.69) is 5.32 Å². The van der Waals surface area contributed by atoms with E-state index in [1.165, 1.54) is 3.97 Å². The number of benzene rings is 3. The summed E-state index contributed by atoms with van der Waals surface area (Å²) in [5.74, 6) is 0. The van der Waals surface area contributed by atoms with Gasteiger partial charge in [0.1, 0.15) is 18.8 Å². The number of aryl methyl sites for hydroxylation is 1. The third kappa shape index (κ3) is 5.37. The summed E-state index contributed by atoms with van der Waals surface area (Å²) in [5, 5.41) is 3.55. The van der Waals surface area contributed by atoms with Crippen molar-refractivity contribution in [2.45, 2.75) is 30.4 Å². The van der Waals surface area contributed by atoms with Gasteiger partial charge in [-0.3, -0.25) is 0 Å². The number of nitrogens with two attached hydrogens (primary N) is 1. The van der Waals surface area contributed by atoms with Crippen molar-refractivity contribution < 1.29 is 27.5 Å². The molecule has 0 saturated heterocycles. The number of nitrogens with one attached hydrogen (secondary N) is 1. The lowest BCUT2D eigenvalue weighted by molar-refractivity contribution is 0.104. The van der Waals surface area contributed by atoms with Crippen LogP contribution >= 0.6 is 0 Å². The molecule has 1 aliphatic carbocycles. The maximum absolute atomic E-state index is 13.5. The summed E-state index contributed by atoms with van der Waals surface area (Å²) in [5.41, 5.74) is 7.71. The summed E-state index contributed by atoms with van der Waals surface area (Å²) < 4.78 is 38.9. The fraction of sp³-hybridized carbons (Fsp3) is 0.172. The van der Waals surface area contributed by atoms with Crippen LogP contribution in [0.15, 0.2) is 90.0 Å². The topological polar surface area (TPSA) is 130 Å². The Kier molecular flexibility index (Phi) is 6.88. The molecule has 1 aliphatic rings. The van der Waals surface area contributed by atoms with Crippen LogP contribution in [-0.4, -0.2) is 36.7 Å². The van der Waals surface area contributed by atoms with E-state index in [9.17, 15) is 18.0 Å². The summed E-state index contributed by atoms with van der Waals surface area (Å²) in [6, 6.07) is 21.2. The van der Waals surface area contributed by atoms with Crippen LogP contribution < -0.4 is 11.1 Å². The van der Waals surface area contributed by atoms with E-state index >= 15 is 0 Å². The average molecular weight is 546 g/mol. The predicted molar refractivity (Wildman–Crippen MR) is 146 cm³/mol. The largest absolute Gasteiger partial charge is 0.447 e. The van der Waals surface area contributed by atoms with Crippen molar-refractivity contribution in [3.63, 3.8) is 0 Å². The first-order valence-corrected chi connectivity index (χ1v) is 13.7. The zero-order valence-electron chi connectivity index (χ0n) is 21.2. The molecule has 0 saturated carbocycles. The maximum atomic E-state index is 13.5. The van der Waals surface area contributed by atoms with Crippen molar-refractivity contribution in [2.75, 3.05) is 6.61 Å². The van der Waals surface area contributed by atoms with E-state index in [0.717, 1.165) is 16.7 Å². The molecule has 1 heterocycles. The molecule has 1 aromatic heterocycles. The van der Waals surface area contributed by atoms with Gasteiger partial charge in [0.05, 0.1) is 10.4 Å². The van der Waals surface area contributed by atoms with Gasteiger partial charge in [-0.1, -0.05) is 72.3 Å². The van der Waals surface area contributed by atoms with Crippen molar-refractivity contribution >= 4 is 39.2 Å². The summed E-state index contributed by atoms with van der Waals surface area (Å²) in [6.07, 6.45) is 3.44. The highest BCUT2D eigenvalue weighted by molar-refractivity contribution is 7.90. The Labute approximate surface area is 225 Å². The van der Waals surface area contributed by atoms with Gasteiger partial charge in [-0.05, 0) is 36.2 Å². The van der Waals surface area contributed by atoms with Crippen molar-refractivity contribution in [1.82, 2.24) is 9.29 Å². The zero-order chi connectivity index (χ0) is 27.6. The molecule has 2 amide bonds. The standard InChI is InChI=1S/C29H27N3O6S/c1-20-10-12-24(13-11-20)39(35,36)32-17-23-14-15-29(19-38-27(30)33,16-22-8-5-9-25(32)26(22)23)31-28(34)37-18-21-6-3-2-4-7-21/h2-15,17H,16,18-19H2,1H3,(H2,30,33)(H,31,34). The number of carbonyl (C=O) groups excluding carboxylic acids is 2. The molecule has 3 N–H and O–H groups in total. The molecule has 3 aromatic carbocycles. The lowest BCUT2D eigenvalue weighted by atomic mass is 9.91. The molecular formula is C29H27N3O6S. The number of primary amides is 1. The molecule has 0 fully saturated rings. The lowest BCUT2D eigenvalue weighted by Crippen LogP contribution is -2.52. The monoisotopic (exact) mass is 545 g/mol. The number of aromatic nitrogens is 1. The first-order chi connectivity index (χ1) is 18.7. The molecule has 39 heavy (non-hydrogen) atoms. The fourth-order valence-corrected chi connectivity index (χ4v) is 6.06. The van der Waals surface area contributed by atoms with E-state index < -0.39 is 27.7 Å². The first-order valence-electron chi connectivity index (χ1n) is 12.2. The van der Waals surface area contributed by atoms with Crippen molar-refractivity contribution in [1.29, 1.82) is 0 Å². The van der Waals surface area contributed by atoms with Crippen LogP contribution in [0.2, 0.25) is 0 Å². The van der Waals surface area contributed by atoms with Crippen LogP contribution in [0.5, 0.6) is 0 Å². The number of hydrogen-bond acceptors (Lipinski definition) is 6. The second kappa shape index (κ2) is 10.3. The number of carbonyl (C=O) groups is 2. The third-order valence-electron chi connectivity index (χ3n) is 6.61. The first kappa shape index (κ1) is 26.1. The Morgan fingerprint density at radius 1 is 1.00 bits per heavy atom. The number of nitrogens with zero attached hydrogens (tertiary/aromatic N) is 1. The van der Waals surface area contributed by atoms with Gasteiger partial charge >= 0.3 is 12.2 Å². The maximum Gasteiger partial charge on any atom is 0.408 e. The van der Waals surface area contributed by atoms with Crippen LogP contribution in [0.1, 0.15) is 22.3 Å². The quantitative estimate of drug-likeness (QED) is 0.351. The summed E-state index contributed by atoms with van der Waals surface area (Å²) >= 11 is 0. The molecule has 0 aliphatic heterocycles. The highest BCUT2D eigenvalue weighted by Crippen LogP contribution is 2.35. The average Bonchev–Trinajstić information content (AvgIpc) is 3.23. The van der Waals surface area contributed by atoms with E-state index in [-0.39, 0.29) is 24.5 Å². The summed E-state index contributed by atoms with van der Waals surface area (Å²) in [7, 11) is -3.87. The summed E-state index contributed by atoms with van der Waals surface area (Å²) in [6.45, 7) is 1.70. The molecule has 1 atom stereocenters. The highest BCUT2D eigenvalue weighted by atomic mass is 32.2. The van der Waals surface area contributed by atoms with Crippen LogP contribution in [0.4, 0.5) is 9.59 Å². The highest BCUT2D eigenvalue weighted by Gasteiger charge is 2.35. The van der Waals surface area contributed by atoms with E-state index in [1.54, 1.807) is 54.7 Å². The van der Waals surface area contributed by atoms with Gasteiger partial charge in [-0.2, -0.15) is 0 Å². The van der Waals surface area contributed by atoms with Gasteiger partial charge in [0, 0.05) is 23.6 Å². The fourth-order valence-electron chi connectivity index (χ4n) is 4.69. The van der Waals surface area contributed by atoms with Gasteiger partial charge in [-0.25, -0.2) is 22.0 Å². The molecule has 4 aromatic rings. The number of ether oxygens (including phenoxy) is 2. The van der Waals surface area contributed by atoms with Crippen LogP contribution in [0.3, 0.4) is 0 Å². The van der Waals surface area contributed by atoms with Gasteiger partial charge < -0.3 is 20.5 Å². The van der Waals surface area contributed by atoms with Gasteiger partial charge in [0.2, 0.25) is 0 Å². The SMILES string of the molecule is Cc1ccc(S(=O)(=O)n2cc3c4c(cccc42)CC(COC(N)=O)(NC(=O)OCc2ccccc2)C=C3)cc1. The van der Waals surface area contributed by atoms with Crippen molar-refractivity contribution in [3.8, 4) is 0 Å². The molecule has 200 valence electrons. The van der Waals surface area contributed by atoms with Gasteiger partial charge in [0.25, 0.3) is 10.0 Å². The molecule has 10 heteroatoms. The Bertz CT molecular complexity index is 1680. The molecule has 1 unspecified atom stereocenters. The molecule has 9 nitrogen and oxygen atoms in total. The second-order valence-electron chi connectivity index (χ2n) is 9.47. The molecule has 5 rings (SSSR count). The molecule has 0 bridgehead atoms. The minimum Gasteiger partial charge on any atom is -0.447 e. The second-order valence-corrected chi connectivity index (χ2v) is 11.3. The van der Waals surface area contributed by atoms with E-state index in [0.29, 0.717) is 16.5 Å². The minimum absolute atomic E-state index is 0.0564. The Morgan fingerprint density at radius 2 is 1.74 bits per heavy atom. The Morgan fingerprint density at radius 3 is 2.46 bits per heavy atom. The summed E-state index contributed by atoms with van der Waals surface area (Å²) in [4.78, 5) is 24.5. The Hall–Kier alpha value is -4.57. The number of amides is 2. The van der Waals surface area contributed by atoms with Gasteiger partial charge in [0.15, 0.2) is 0 Å². The minimum atomic E-state index is -3.87. The van der Waals surface area contributed by atoms with Crippen molar-refractivity contribution in [2.24, 2.45) is 5.73 Å². The normalized spacial score (nSPS) is 16.4. The number of rotatable bonds is 7. The van der Waals surface area contributed by atoms with E-state index in [4.69, 9.17) is 15.2 Å². The predicted octanol–water partition coefficient (Wildman–Crippen LogP) is 4.52. The smallest absolute Gasteiger partial charge is 0.408 e. The van der Waals surface area contributed by atoms with Crippen LogP contribution in [0, 0.1) is 6.92 Å². The van der Waals surface area contributed by atoms with Crippen molar-refractivity contribution in [3.05, 3.63) is 107 Å². The lowest BCUT2D eigenvalue weighted by Gasteiger charge is -2.30. The van der Waals surface area contributed by atoms with Crippen LogP contribution in [0.25, 0.3) is 17.0 Å². The molecule has 0 radical (unpaired) electrons. The zero-order valence-corrected chi connectivity index (χ0v) is 22.0. The van der Waals surface area contributed by atoms with Gasteiger partial charge in [-0.15, -0.1) is 0 Å². The van der Waals surface area contributed by atoms with Crippen LogP contribution in [-0.2, 0) is 32.5 Å². The number of hydrogen-bond donors (Lipinski definition) is 2. The third-order valence-corrected chi connectivity index (χ3v) is 8.30. The molecular weight excluding hydrogens is 518 g/mol. The van der Waals surface area contributed by atoms with E-state index in [1.807, 2.05) is 43.3 Å².